The molecule has 7 heteroatoms. The summed E-state index contributed by atoms with van der Waals surface area (Å²) >= 11 is 0. The Labute approximate surface area is 224 Å². The smallest absolute Gasteiger partial charge is 0.0985 e. The molecule has 0 radical (unpaired) electrons. The van der Waals surface area contributed by atoms with Gasteiger partial charge in [-0.25, -0.2) is 0 Å². The van der Waals surface area contributed by atoms with Crippen molar-refractivity contribution in [3.8, 4) is 22.8 Å². The fourth-order valence-electron chi connectivity index (χ4n) is 4.74. The fraction of sp³-hybridized carbons (Fsp3) is 0. The Kier molecular flexibility index (Phi) is 5.64. The van der Waals surface area contributed by atoms with E-state index in [1.807, 2.05) is 73.1 Å². The summed E-state index contributed by atoms with van der Waals surface area (Å²) < 4.78 is 0. The van der Waals surface area contributed by atoms with Crippen molar-refractivity contribution in [2.24, 2.45) is 0 Å². The molecule has 6 aromatic heterocycles. The summed E-state index contributed by atoms with van der Waals surface area (Å²) in [5.41, 5.74) is 7.68. The first kappa shape index (κ1) is 22.6. The van der Waals surface area contributed by atoms with Crippen molar-refractivity contribution in [1.82, 2.24) is 29.9 Å². The molecule has 0 unspecified atom stereocenters. The molecule has 0 saturated heterocycles. The third-order valence-electron chi connectivity index (χ3n) is 6.55. The van der Waals surface area contributed by atoms with Gasteiger partial charge in [0.25, 0.3) is 0 Å². The minimum Gasteiger partial charge on any atom is -0.307 e. The molecule has 7 aromatic rings. The van der Waals surface area contributed by atoms with Crippen LogP contribution >= 0.6 is 0 Å². The Bertz CT molecular complexity index is 1810. The van der Waals surface area contributed by atoms with Crippen LogP contribution in [-0.2, 0) is 0 Å². The van der Waals surface area contributed by atoms with Gasteiger partial charge in [-0.1, -0.05) is 18.2 Å². The second-order valence-electron chi connectivity index (χ2n) is 8.94. The SMILES string of the molecule is c1ccc(-c2ccc(N(c3ccc(-c4ccccn4)nc3)c3cc4cccnc4c4ncccc34)cn2)nc1. The van der Waals surface area contributed by atoms with Gasteiger partial charge in [0, 0.05) is 35.6 Å². The number of aromatic nitrogens is 6. The molecular formula is C32H21N7. The highest BCUT2D eigenvalue weighted by Crippen LogP contribution is 2.41. The van der Waals surface area contributed by atoms with Gasteiger partial charge >= 0.3 is 0 Å². The van der Waals surface area contributed by atoms with Gasteiger partial charge in [0.05, 0.1) is 63.3 Å². The fourth-order valence-corrected chi connectivity index (χ4v) is 4.74. The summed E-state index contributed by atoms with van der Waals surface area (Å²) in [7, 11) is 0. The van der Waals surface area contributed by atoms with E-state index in [0.717, 1.165) is 61.6 Å². The lowest BCUT2D eigenvalue weighted by Gasteiger charge is -2.26. The third kappa shape index (κ3) is 4.22. The molecule has 0 amide bonds. The van der Waals surface area contributed by atoms with Crippen LogP contribution in [0.1, 0.15) is 0 Å². The third-order valence-corrected chi connectivity index (χ3v) is 6.55. The largest absolute Gasteiger partial charge is 0.307 e. The van der Waals surface area contributed by atoms with Crippen molar-refractivity contribution in [2.45, 2.75) is 0 Å². The van der Waals surface area contributed by atoms with E-state index in [2.05, 4.69) is 50.2 Å². The number of fused-ring (bicyclic) bond motifs is 3. The van der Waals surface area contributed by atoms with E-state index in [4.69, 9.17) is 15.0 Å². The Morgan fingerprint density at radius 3 is 1.56 bits per heavy atom. The van der Waals surface area contributed by atoms with E-state index in [0.29, 0.717) is 0 Å². The highest BCUT2D eigenvalue weighted by atomic mass is 15.2. The van der Waals surface area contributed by atoms with Gasteiger partial charge in [0.2, 0.25) is 0 Å². The second kappa shape index (κ2) is 9.72. The maximum Gasteiger partial charge on any atom is 0.0985 e. The lowest BCUT2D eigenvalue weighted by atomic mass is 10.1. The first-order chi connectivity index (χ1) is 19.3. The number of benzene rings is 1. The minimum absolute atomic E-state index is 0.803. The van der Waals surface area contributed by atoms with Crippen molar-refractivity contribution in [3.63, 3.8) is 0 Å². The summed E-state index contributed by atoms with van der Waals surface area (Å²) in [4.78, 5) is 29.9. The summed E-state index contributed by atoms with van der Waals surface area (Å²) in [6, 6.07) is 29.9. The quantitative estimate of drug-likeness (QED) is 0.230. The molecule has 0 aliphatic carbocycles. The molecule has 7 rings (SSSR count). The van der Waals surface area contributed by atoms with E-state index in [9.17, 15) is 0 Å². The maximum absolute atomic E-state index is 4.77. The Morgan fingerprint density at radius 2 is 1.00 bits per heavy atom. The molecule has 0 fully saturated rings. The van der Waals surface area contributed by atoms with E-state index < -0.39 is 0 Å². The van der Waals surface area contributed by atoms with Crippen LogP contribution in [0.3, 0.4) is 0 Å². The standard InChI is InChI=1S/C32H21N7/c1-3-15-33-26(9-1)28-13-11-23(20-37-28)39(24-12-14-29(38-21-24)27-10-2-4-16-34-27)30-19-22-7-5-17-35-31(22)32-25(30)8-6-18-36-32/h1-21H. The molecule has 0 N–H and O–H groups in total. The first-order valence-electron chi connectivity index (χ1n) is 12.5. The van der Waals surface area contributed by atoms with Crippen LogP contribution in [0.15, 0.2) is 128 Å². The normalized spacial score (nSPS) is 11.1. The zero-order valence-electron chi connectivity index (χ0n) is 20.8. The van der Waals surface area contributed by atoms with Crippen LogP contribution in [0.2, 0.25) is 0 Å². The number of hydrogen-bond acceptors (Lipinski definition) is 7. The van der Waals surface area contributed by atoms with Crippen LogP contribution in [0.5, 0.6) is 0 Å². The molecule has 0 saturated carbocycles. The van der Waals surface area contributed by atoms with Crippen LogP contribution in [0.4, 0.5) is 17.1 Å². The number of anilines is 3. The number of rotatable bonds is 5. The highest BCUT2D eigenvalue weighted by molar-refractivity contribution is 6.11. The Hall–Kier alpha value is -5.56. The van der Waals surface area contributed by atoms with Gasteiger partial charge in [0.1, 0.15) is 0 Å². The molecule has 0 aliphatic rings. The Morgan fingerprint density at radius 1 is 0.436 bits per heavy atom. The average Bonchev–Trinajstić information content (AvgIpc) is 3.03. The monoisotopic (exact) mass is 503 g/mol. The zero-order chi connectivity index (χ0) is 26.0. The molecule has 6 heterocycles. The van der Waals surface area contributed by atoms with Gasteiger partial charge in [-0.15, -0.1) is 0 Å². The zero-order valence-corrected chi connectivity index (χ0v) is 20.8. The molecule has 0 spiro atoms. The van der Waals surface area contributed by atoms with Gasteiger partial charge in [0.15, 0.2) is 0 Å². The van der Waals surface area contributed by atoms with Crippen molar-refractivity contribution < 1.29 is 0 Å². The first-order valence-corrected chi connectivity index (χ1v) is 12.5. The molecule has 0 atom stereocenters. The molecular weight excluding hydrogens is 482 g/mol. The van der Waals surface area contributed by atoms with Gasteiger partial charge in [-0.2, -0.15) is 0 Å². The minimum atomic E-state index is 0.803. The molecule has 1 aromatic carbocycles. The van der Waals surface area contributed by atoms with Gasteiger partial charge in [-0.3, -0.25) is 29.9 Å². The number of pyridine rings is 6. The van der Waals surface area contributed by atoms with Crippen LogP contribution in [0, 0.1) is 0 Å². The maximum atomic E-state index is 4.77. The van der Waals surface area contributed by atoms with Crippen molar-refractivity contribution in [2.75, 3.05) is 4.90 Å². The van der Waals surface area contributed by atoms with Crippen molar-refractivity contribution in [3.05, 3.63) is 128 Å². The molecule has 7 nitrogen and oxygen atoms in total. The van der Waals surface area contributed by atoms with Crippen LogP contribution in [-0.4, -0.2) is 29.9 Å². The topological polar surface area (TPSA) is 80.6 Å². The van der Waals surface area contributed by atoms with E-state index in [-0.39, 0.29) is 0 Å². The lowest BCUT2D eigenvalue weighted by Crippen LogP contribution is -2.12. The van der Waals surface area contributed by atoms with Crippen LogP contribution in [0.25, 0.3) is 44.6 Å². The summed E-state index contributed by atoms with van der Waals surface area (Å²) in [6.45, 7) is 0. The van der Waals surface area contributed by atoms with Crippen molar-refractivity contribution >= 4 is 38.9 Å². The second-order valence-corrected chi connectivity index (χ2v) is 8.94. The predicted molar refractivity (Wildman–Crippen MR) is 154 cm³/mol. The molecule has 0 bridgehead atoms. The van der Waals surface area contributed by atoms with E-state index >= 15 is 0 Å². The molecule has 39 heavy (non-hydrogen) atoms. The predicted octanol–water partition coefficient (Wildman–Crippen LogP) is 7.17. The average molecular weight is 504 g/mol. The number of hydrogen-bond donors (Lipinski definition) is 0. The van der Waals surface area contributed by atoms with Gasteiger partial charge < -0.3 is 4.90 Å². The molecule has 0 aliphatic heterocycles. The van der Waals surface area contributed by atoms with Crippen molar-refractivity contribution in [1.29, 1.82) is 0 Å². The van der Waals surface area contributed by atoms with E-state index in [1.54, 1.807) is 24.8 Å². The summed E-state index contributed by atoms with van der Waals surface area (Å²) in [5, 5.41) is 1.98. The summed E-state index contributed by atoms with van der Waals surface area (Å²) in [6.07, 6.45) is 10.9. The Balaban J connectivity index is 1.42. The summed E-state index contributed by atoms with van der Waals surface area (Å²) in [5.74, 6) is 0. The van der Waals surface area contributed by atoms with Gasteiger partial charge in [-0.05, 0) is 72.8 Å². The number of nitrogens with zero attached hydrogens (tertiary/aromatic N) is 7. The van der Waals surface area contributed by atoms with Crippen LogP contribution < -0.4 is 4.90 Å². The lowest BCUT2D eigenvalue weighted by molar-refractivity contribution is 1.19. The molecule has 184 valence electrons. The van der Waals surface area contributed by atoms with E-state index in [1.165, 1.54) is 0 Å². The highest BCUT2D eigenvalue weighted by Gasteiger charge is 2.19.